The molecular weight excluding hydrogens is 290 g/mol. The van der Waals surface area contributed by atoms with E-state index in [9.17, 15) is 14.4 Å². The van der Waals surface area contributed by atoms with Crippen LogP contribution in [0.25, 0.3) is 0 Å². The van der Waals surface area contributed by atoms with E-state index in [0.29, 0.717) is 6.54 Å². The van der Waals surface area contributed by atoms with E-state index in [2.05, 4.69) is 21.3 Å². The zero-order valence-corrected chi connectivity index (χ0v) is 13.1. The van der Waals surface area contributed by atoms with Gasteiger partial charge >= 0.3 is 5.97 Å². The number of rotatable bonds is 12. The summed E-state index contributed by atoms with van der Waals surface area (Å²) in [5.74, 6) is -1.45. The third-order valence-electron chi connectivity index (χ3n) is 3.04. The lowest BCUT2D eigenvalue weighted by atomic mass is 10.1. The summed E-state index contributed by atoms with van der Waals surface area (Å²) < 4.78 is 0. The molecule has 0 aliphatic rings. The molecule has 9 heteroatoms. The van der Waals surface area contributed by atoms with Crippen LogP contribution in [0.2, 0.25) is 0 Å². The molecule has 0 rings (SSSR count). The fourth-order valence-corrected chi connectivity index (χ4v) is 1.81. The van der Waals surface area contributed by atoms with Crippen molar-refractivity contribution < 1.29 is 19.5 Å². The Kier molecular flexibility index (Phi) is 11.0. The van der Waals surface area contributed by atoms with E-state index in [4.69, 9.17) is 10.8 Å². The topological polar surface area (TPSA) is 146 Å². The van der Waals surface area contributed by atoms with Crippen molar-refractivity contribution in [2.75, 3.05) is 33.2 Å². The van der Waals surface area contributed by atoms with E-state index >= 15 is 0 Å². The van der Waals surface area contributed by atoms with Crippen LogP contribution in [0.15, 0.2) is 0 Å². The standard InChI is InChI=1S/C13H27N5O4/c1-3-16-9(4-5-11(19)20)12(21)17-6-7-18-13(22)10(8-14)15-2/h9-10,15-16H,3-8,14H2,1-2H3,(H,17,21)(H,18,22)(H,19,20)/t9-,10-/m0/s1. The molecule has 0 aliphatic carbocycles. The Morgan fingerprint density at radius 1 is 1.09 bits per heavy atom. The smallest absolute Gasteiger partial charge is 0.303 e. The van der Waals surface area contributed by atoms with Gasteiger partial charge in [-0.1, -0.05) is 6.92 Å². The molecule has 0 aromatic carbocycles. The van der Waals surface area contributed by atoms with Crippen molar-refractivity contribution in [1.29, 1.82) is 0 Å². The van der Waals surface area contributed by atoms with E-state index < -0.39 is 18.1 Å². The fourth-order valence-electron chi connectivity index (χ4n) is 1.81. The number of carbonyl (C=O) groups is 3. The molecule has 2 atom stereocenters. The van der Waals surface area contributed by atoms with Gasteiger partial charge in [0.25, 0.3) is 0 Å². The summed E-state index contributed by atoms with van der Waals surface area (Å²) >= 11 is 0. The minimum absolute atomic E-state index is 0.0812. The Morgan fingerprint density at radius 3 is 2.05 bits per heavy atom. The number of aliphatic carboxylic acids is 1. The van der Waals surface area contributed by atoms with Gasteiger partial charge in [-0.25, -0.2) is 0 Å². The lowest BCUT2D eigenvalue weighted by Crippen LogP contribution is -2.50. The average molecular weight is 317 g/mol. The Hall–Kier alpha value is -1.71. The molecule has 0 unspecified atom stereocenters. The SMILES string of the molecule is CCN[C@@H](CCC(=O)O)C(=O)NCCNC(=O)[C@H](CN)NC. The van der Waals surface area contributed by atoms with Crippen LogP contribution in [-0.2, 0) is 14.4 Å². The summed E-state index contributed by atoms with van der Waals surface area (Å²) in [7, 11) is 1.64. The molecule has 0 aromatic rings. The van der Waals surface area contributed by atoms with Gasteiger partial charge in [0.1, 0.15) is 0 Å². The zero-order valence-electron chi connectivity index (χ0n) is 13.1. The van der Waals surface area contributed by atoms with Gasteiger partial charge in [0.15, 0.2) is 0 Å². The molecule has 0 heterocycles. The first-order valence-electron chi connectivity index (χ1n) is 7.34. The monoisotopic (exact) mass is 317 g/mol. The van der Waals surface area contributed by atoms with Crippen LogP contribution in [0, 0.1) is 0 Å². The van der Waals surface area contributed by atoms with Crippen molar-refractivity contribution in [3.05, 3.63) is 0 Å². The summed E-state index contributed by atoms with van der Waals surface area (Å²) in [4.78, 5) is 34.1. The Balaban J connectivity index is 4.07. The minimum atomic E-state index is -0.942. The first kappa shape index (κ1) is 20.3. The second-order valence-corrected chi connectivity index (χ2v) is 4.70. The third kappa shape index (κ3) is 8.55. The van der Waals surface area contributed by atoms with Crippen LogP contribution in [-0.4, -0.2) is 68.2 Å². The average Bonchev–Trinajstić information content (AvgIpc) is 2.48. The molecule has 9 nitrogen and oxygen atoms in total. The highest BCUT2D eigenvalue weighted by Crippen LogP contribution is 1.97. The Labute approximate surface area is 130 Å². The van der Waals surface area contributed by atoms with Crippen LogP contribution in [0.4, 0.5) is 0 Å². The summed E-state index contributed by atoms with van der Waals surface area (Å²) in [6.45, 7) is 3.13. The van der Waals surface area contributed by atoms with Crippen LogP contribution >= 0.6 is 0 Å². The van der Waals surface area contributed by atoms with Crippen molar-refractivity contribution in [3.63, 3.8) is 0 Å². The van der Waals surface area contributed by atoms with Crippen molar-refractivity contribution in [2.24, 2.45) is 5.73 Å². The quantitative estimate of drug-likeness (QED) is 0.220. The van der Waals surface area contributed by atoms with Gasteiger partial charge < -0.3 is 32.1 Å². The van der Waals surface area contributed by atoms with E-state index in [1.165, 1.54) is 0 Å². The molecule has 0 aliphatic heterocycles. The number of hydrogen-bond donors (Lipinski definition) is 6. The Morgan fingerprint density at radius 2 is 1.64 bits per heavy atom. The highest BCUT2D eigenvalue weighted by molar-refractivity contribution is 5.83. The molecule has 2 amide bonds. The van der Waals surface area contributed by atoms with Crippen molar-refractivity contribution in [2.45, 2.75) is 31.8 Å². The number of nitrogens with one attached hydrogen (secondary N) is 4. The molecule has 0 aromatic heterocycles. The minimum Gasteiger partial charge on any atom is -0.481 e. The number of carboxylic acids is 1. The van der Waals surface area contributed by atoms with Gasteiger partial charge in [0.2, 0.25) is 11.8 Å². The van der Waals surface area contributed by atoms with E-state index in [0.717, 1.165) is 0 Å². The third-order valence-corrected chi connectivity index (χ3v) is 3.04. The van der Waals surface area contributed by atoms with Gasteiger partial charge in [-0.2, -0.15) is 0 Å². The second kappa shape index (κ2) is 11.9. The molecule has 128 valence electrons. The molecule has 7 N–H and O–H groups in total. The lowest BCUT2D eigenvalue weighted by Gasteiger charge is -2.17. The fraction of sp³-hybridized carbons (Fsp3) is 0.769. The van der Waals surface area contributed by atoms with E-state index in [-0.39, 0.29) is 44.3 Å². The Bertz CT molecular complexity index is 360. The van der Waals surface area contributed by atoms with Gasteiger partial charge in [0.05, 0.1) is 12.1 Å². The van der Waals surface area contributed by atoms with E-state index in [1.807, 2.05) is 6.92 Å². The first-order valence-corrected chi connectivity index (χ1v) is 7.34. The van der Waals surface area contributed by atoms with Crippen molar-refractivity contribution >= 4 is 17.8 Å². The highest BCUT2D eigenvalue weighted by atomic mass is 16.4. The maximum absolute atomic E-state index is 11.9. The number of carbonyl (C=O) groups excluding carboxylic acids is 2. The maximum atomic E-state index is 11.9. The highest BCUT2D eigenvalue weighted by Gasteiger charge is 2.18. The number of carboxylic acid groups (broad SMARTS) is 1. The van der Waals surface area contributed by atoms with Crippen LogP contribution < -0.4 is 27.0 Å². The summed E-state index contributed by atoms with van der Waals surface area (Å²) in [5, 5.41) is 19.7. The number of amides is 2. The van der Waals surface area contributed by atoms with Gasteiger partial charge in [-0.15, -0.1) is 0 Å². The van der Waals surface area contributed by atoms with Gasteiger partial charge in [-0.05, 0) is 20.0 Å². The largest absolute Gasteiger partial charge is 0.481 e. The molecule has 0 radical (unpaired) electrons. The molecule has 0 spiro atoms. The summed E-state index contributed by atoms with van der Waals surface area (Å²) in [5.41, 5.74) is 5.42. The molecule has 0 saturated heterocycles. The van der Waals surface area contributed by atoms with Gasteiger partial charge in [0, 0.05) is 26.1 Å². The van der Waals surface area contributed by atoms with Crippen LogP contribution in [0.5, 0.6) is 0 Å². The van der Waals surface area contributed by atoms with Crippen molar-refractivity contribution in [1.82, 2.24) is 21.3 Å². The normalized spacial score (nSPS) is 13.2. The van der Waals surface area contributed by atoms with Gasteiger partial charge in [-0.3, -0.25) is 14.4 Å². The lowest BCUT2D eigenvalue weighted by molar-refractivity contribution is -0.137. The predicted octanol–water partition coefficient (Wildman–Crippen LogP) is -2.39. The first-order chi connectivity index (χ1) is 10.5. The number of likely N-dealkylation sites (N-methyl/N-ethyl adjacent to an activating group) is 2. The molecule has 0 fully saturated rings. The van der Waals surface area contributed by atoms with Crippen LogP contribution in [0.3, 0.4) is 0 Å². The summed E-state index contributed by atoms with van der Waals surface area (Å²) in [6.07, 6.45) is 0.137. The second-order valence-electron chi connectivity index (χ2n) is 4.70. The number of nitrogens with two attached hydrogens (primary N) is 1. The molecule has 0 saturated carbocycles. The predicted molar refractivity (Wildman–Crippen MR) is 82.3 cm³/mol. The molecule has 22 heavy (non-hydrogen) atoms. The number of hydrogen-bond acceptors (Lipinski definition) is 6. The van der Waals surface area contributed by atoms with E-state index in [1.54, 1.807) is 7.05 Å². The maximum Gasteiger partial charge on any atom is 0.303 e. The van der Waals surface area contributed by atoms with Crippen molar-refractivity contribution in [3.8, 4) is 0 Å². The molecular formula is C13H27N5O4. The molecule has 0 bridgehead atoms. The van der Waals surface area contributed by atoms with Crippen LogP contribution in [0.1, 0.15) is 19.8 Å². The summed E-state index contributed by atoms with van der Waals surface area (Å²) in [6, 6.07) is -1.01. The zero-order chi connectivity index (χ0) is 17.0.